The van der Waals surface area contributed by atoms with Crippen molar-refractivity contribution in [1.82, 2.24) is 4.98 Å². The fraction of sp³-hybridized carbons (Fsp3) is 0.100. The number of aromatic nitrogens is 1. The quantitative estimate of drug-likeness (QED) is 0.607. The van der Waals surface area contributed by atoms with Gasteiger partial charge in [-0.1, -0.05) is 0 Å². The summed E-state index contributed by atoms with van der Waals surface area (Å²) in [5, 5.41) is 1.21. The number of hydrogen-bond donors (Lipinski definition) is 0. The summed E-state index contributed by atoms with van der Waals surface area (Å²) in [7, 11) is 0. The summed E-state index contributed by atoms with van der Waals surface area (Å²) in [6, 6.07) is 10.3. The number of nitrogens with zero attached hydrogens (tertiary/aromatic N) is 1. The van der Waals surface area contributed by atoms with E-state index in [2.05, 4.69) is 53.0 Å². The van der Waals surface area contributed by atoms with Crippen LogP contribution in [0.3, 0.4) is 0 Å². The topological polar surface area (TPSA) is 12.9 Å². The number of pyridine rings is 1. The zero-order valence-corrected chi connectivity index (χ0v) is 8.66. The molecule has 58 valence electrons. The predicted octanol–water partition coefficient (Wildman–Crippen LogP) is 1.34. The van der Waals surface area contributed by atoms with Crippen molar-refractivity contribution in [3.63, 3.8) is 0 Å². The van der Waals surface area contributed by atoms with E-state index in [9.17, 15) is 0 Å². The Kier molecular flexibility index (Phi) is 1.90. The molecule has 1 aromatic carbocycles. The minimum absolute atomic E-state index is 1.02. The van der Waals surface area contributed by atoms with Gasteiger partial charge in [0.15, 0.2) is 0 Å². The van der Waals surface area contributed by atoms with E-state index < -0.39 is 0 Å². The van der Waals surface area contributed by atoms with Gasteiger partial charge in [0, 0.05) is 0 Å². The van der Waals surface area contributed by atoms with Crippen molar-refractivity contribution in [2.75, 3.05) is 0 Å². The molecule has 0 saturated carbocycles. The zero-order chi connectivity index (χ0) is 8.55. The number of benzene rings is 1. The van der Waals surface area contributed by atoms with Gasteiger partial charge < -0.3 is 0 Å². The van der Waals surface area contributed by atoms with Crippen molar-refractivity contribution in [2.24, 2.45) is 0 Å². The van der Waals surface area contributed by atoms with Gasteiger partial charge in [0.05, 0.1) is 0 Å². The van der Waals surface area contributed by atoms with Crippen molar-refractivity contribution in [3.8, 4) is 0 Å². The molecule has 0 unspecified atom stereocenters. The zero-order valence-electron chi connectivity index (χ0n) is 6.78. The Hall–Kier alpha value is -0.812. The SMILES string of the molecule is Cc1cccc2ccc([As])nc12. The van der Waals surface area contributed by atoms with Crippen LogP contribution in [0.1, 0.15) is 5.56 Å². The van der Waals surface area contributed by atoms with Crippen LogP contribution in [-0.4, -0.2) is 21.8 Å². The van der Waals surface area contributed by atoms with Crippen LogP contribution < -0.4 is 4.48 Å². The van der Waals surface area contributed by atoms with Gasteiger partial charge in [-0.3, -0.25) is 0 Å². The summed E-state index contributed by atoms with van der Waals surface area (Å²) < 4.78 is 1.02. The van der Waals surface area contributed by atoms with Gasteiger partial charge in [0.1, 0.15) is 0 Å². The summed E-state index contributed by atoms with van der Waals surface area (Å²) in [5.74, 6) is 0. The van der Waals surface area contributed by atoms with Crippen molar-refractivity contribution in [1.29, 1.82) is 0 Å². The Labute approximate surface area is 80.3 Å². The molecule has 2 radical (unpaired) electrons. The average molecular weight is 217 g/mol. The predicted molar refractivity (Wildman–Crippen MR) is 51.9 cm³/mol. The Morgan fingerprint density at radius 3 is 2.83 bits per heavy atom. The average Bonchev–Trinajstić information content (AvgIpc) is 2.07. The molecular weight excluding hydrogens is 209 g/mol. The summed E-state index contributed by atoms with van der Waals surface area (Å²) in [5.41, 5.74) is 2.34. The van der Waals surface area contributed by atoms with E-state index in [0.29, 0.717) is 0 Å². The third kappa shape index (κ3) is 1.25. The Bertz CT molecular complexity index is 423. The standard InChI is InChI=1S/C10H8AsN/c1-7-3-2-4-8-5-6-9(11)12-10(7)8/h2-6H,1H3. The monoisotopic (exact) mass is 217 g/mol. The van der Waals surface area contributed by atoms with Crippen LogP contribution >= 0.6 is 0 Å². The Balaban J connectivity index is 2.88. The van der Waals surface area contributed by atoms with Gasteiger partial charge in [-0.25, -0.2) is 0 Å². The molecule has 2 aromatic rings. The van der Waals surface area contributed by atoms with Crippen LogP contribution in [0.2, 0.25) is 0 Å². The molecule has 1 aromatic heterocycles. The van der Waals surface area contributed by atoms with Crippen molar-refractivity contribution in [3.05, 3.63) is 35.9 Å². The van der Waals surface area contributed by atoms with Crippen LogP contribution in [0, 0.1) is 6.92 Å². The molecule has 0 aliphatic heterocycles. The number of para-hydroxylation sites is 1. The first-order valence-electron chi connectivity index (χ1n) is 3.83. The summed E-state index contributed by atoms with van der Waals surface area (Å²) in [6.45, 7) is 2.09. The number of fused-ring (bicyclic) bond motifs is 1. The van der Waals surface area contributed by atoms with E-state index in [4.69, 9.17) is 0 Å². The molecule has 2 heteroatoms. The molecule has 12 heavy (non-hydrogen) atoms. The van der Waals surface area contributed by atoms with Gasteiger partial charge >= 0.3 is 80.0 Å². The van der Waals surface area contributed by atoms with E-state index >= 15 is 0 Å². The molecule has 0 aliphatic carbocycles. The van der Waals surface area contributed by atoms with E-state index in [-0.39, 0.29) is 0 Å². The molecular formula is C10H8AsN. The van der Waals surface area contributed by atoms with E-state index in [1.807, 2.05) is 6.07 Å². The minimum atomic E-state index is 1.02. The molecule has 0 bridgehead atoms. The second-order valence-electron chi connectivity index (χ2n) is 2.82. The molecule has 0 aliphatic rings. The third-order valence-corrected chi connectivity index (χ3v) is 2.43. The first-order valence-corrected chi connectivity index (χ1v) is 4.76. The fourth-order valence-corrected chi connectivity index (χ4v) is 1.65. The molecule has 1 nitrogen and oxygen atoms in total. The summed E-state index contributed by atoms with van der Waals surface area (Å²) in [4.78, 5) is 4.45. The second-order valence-corrected chi connectivity index (χ2v) is 3.78. The number of hydrogen-bond acceptors (Lipinski definition) is 1. The van der Waals surface area contributed by atoms with Crippen LogP contribution in [0.5, 0.6) is 0 Å². The van der Waals surface area contributed by atoms with Gasteiger partial charge in [-0.2, -0.15) is 0 Å². The maximum absolute atomic E-state index is 4.45. The molecule has 0 atom stereocenters. The van der Waals surface area contributed by atoms with Crippen molar-refractivity contribution >= 4 is 32.2 Å². The van der Waals surface area contributed by atoms with Crippen molar-refractivity contribution in [2.45, 2.75) is 6.92 Å². The van der Waals surface area contributed by atoms with Gasteiger partial charge in [0.25, 0.3) is 0 Å². The molecule has 0 saturated heterocycles. The fourth-order valence-electron chi connectivity index (χ4n) is 1.29. The first-order chi connectivity index (χ1) is 5.77. The van der Waals surface area contributed by atoms with Crippen molar-refractivity contribution < 1.29 is 0 Å². The Morgan fingerprint density at radius 2 is 2.00 bits per heavy atom. The van der Waals surface area contributed by atoms with Gasteiger partial charge in [0.2, 0.25) is 0 Å². The molecule has 0 amide bonds. The molecule has 2 rings (SSSR count). The molecule has 0 spiro atoms. The van der Waals surface area contributed by atoms with Crippen LogP contribution in [0.25, 0.3) is 10.9 Å². The second kappa shape index (κ2) is 2.91. The maximum atomic E-state index is 4.45. The van der Waals surface area contributed by atoms with E-state index in [0.717, 1.165) is 10.00 Å². The third-order valence-electron chi connectivity index (χ3n) is 1.91. The van der Waals surface area contributed by atoms with E-state index in [1.54, 1.807) is 0 Å². The summed E-state index contributed by atoms with van der Waals surface area (Å²) in [6.07, 6.45) is 0. The molecule has 1 heterocycles. The van der Waals surface area contributed by atoms with Gasteiger partial charge in [-0.05, 0) is 0 Å². The first kappa shape index (κ1) is 7.82. The molecule has 0 fully saturated rings. The number of aryl methyl sites for hydroxylation is 1. The molecule has 0 N–H and O–H groups in total. The number of rotatable bonds is 0. The van der Waals surface area contributed by atoms with Crippen LogP contribution in [-0.2, 0) is 0 Å². The van der Waals surface area contributed by atoms with Crippen LogP contribution in [0.15, 0.2) is 30.3 Å². The normalized spacial score (nSPS) is 10.5. The summed E-state index contributed by atoms with van der Waals surface area (Å²) >= 11 is 2.46. The van der Waals surface area contributed by atoms with Crippen LogP contribution in [0.4, 0.5) is 0 Å². The van der Waals surface area contributed by atoms with E-state index in [1.165, 1.54) is 10.9 Å². The van der Waals surface area contributed by atoms with Gasteiger partial charge in [-0.15, -0.1) is 0 Å². The Morgan fingerprint density at radius 1 is 1.17 bits per heavy atom.